The van der Waals surface area contributed by atoms with Gasteiger partial charge in [0.15, 0.2) is 11.5 Å². The highest BCUT2D eigenvalue weighted by Crippen LogP contribution is 2.32. The van der Waals surface area contributed by atoms with Crippen LogP contribution in [0.15, 0.2) is 29.9 Å². The third kappa shape index (κ3) is 4.19. The molecule has 0 aliphatic heterocycles. The topological polar surface area (TPSA) is 43.4 Å². The Morgan fingerprint density at radius 2 is 1.95 bits per heavy atom. The first-order valence-corrected chi connectivity index (χ1v) is 8.10. The van der Waals surface area contributed by atoms with E-state index in [1.807, 2.05) is 38.7 Å². The number of benzene rings is 1. The number of hydrogen-bond donors (Lipinski definition) is 1. The molecular formula is C16H22N2O2S. The van der Waals surface area contributed by atoms with Crippen molar-refractivity contribution in [1.82, 2.24) is 10.3 Å². The van der Waals surface area contributed by atoms with Gasteiger partial charge in [-0.05, 0) is 38.6 Å². The number of hydrogen-bond acceptors (Lipinski definition) is 5. The van der Waals surface area contributed by atoms with Crippen LogP contribution in [-0.2, 0) is 6.42 Å². The summed E-state index contributed by atoms with van der Waals surface area (Å²) in [5, 5.41) is 3.36. The van der Waals surface area contributed by atoms with E-state index in [1.165, 1.54) is 10.4 Å². The van der Waals surface area contributed by atoms with Crippen LogP contribution in [0.3, 0.4) is 0 Å². The Bertz CT molecular complexity index is 543. The van der Waals surface area contributed by atoms with E-state index in [0.29, 0.717) is 13.2 Å². The van der Waals surface area contributed by atoms with Crippen LogP contribution in [0.1, 0.15) is 30.3 Å². The van der Waals surface area contributed by atoms with E-state index in [2.05, 4.69) is 22.4 Å². The molecular weight excluding hydrogens is 284 g/mol. The van der Waals surface area contributed by atoms with Gasteiger partial charge in [-0.15, -0.1) is 11.3 Å². The molecule has 0 radical (unpaired) electrons. The maximum atomic E-state index is 5.70. The first kappa shape index (κ1) is 15.8. The molecule has 0 saturated heterocycles. The minimum atomic E-state index is 0.236. The molecule has 0 amide bonds. The maximum Gasteiger partial charge on any atom is 0.161 e. The molecule has 1 N–H and O–H groups in total. The zero-order valence-corrected chi connectivity index (χ0v) is 13.6. The summed E-state index contributed by atoms with van der Waals surface area (Å²) in [5.41, 5.74) is 3.06. The monoisotopic (exact) mass is 306 g/mol. The summed E-state index contributed by atoms with van der Waals surface area (Å²) in [4.78, 5) is 5.40. The average Bonchev–Trinajstić information content (AvgIpc) is 3.00. The molecule has 1 heterocycles. The van der Waals surface area contributed by atoms with Crippen molar-refractivity contribution in [3.8, 4) is 11.5 Å². The Hall–Kier alpha value is -1.59. The molecule has 0 spiro atoms. The number of thiazole rings is 1. The van der Waals surface area contributed by atoms with Gasteiger partial charge in [0.25, 0.3) is 0 Å². The lowest BCUT2D eigenvalue weighted by Crippen LogP contribution is -2.18. The Morgan fingerprint density at radius 3 is 2.57 bits per heavy atom. The van der Waals surface area contributed by atoms with E-state index >= 15 is 0 Å². The maximum absolute atomic E-state index is 5.70. The van der Waals surface area contributed by atoms with Crippen LogP contribution < -0.4 is 14.8 Å². The predicted molar refractivity (Wildman–Crippen MR) is 86.4 cm³/mol. The van der Waals surface area contributed by atoms with Crippen molar-refractivity contribution >= 4 is 11.3 Å². The zero-order valence-electron chi connectivity index (χ0n) is 12.8. The lowest BCUT2D eigenvalue weighted by Gasteiger charge is -2.18. The van der Waals surface area contributed by atoms with Gasteiger partial charge in [-0.2, -0.15) is 0 Å². The van der Waals surface area contributed by atoms with Crippen LogP contribution in [0.4, 0.5) is 0 Å². The van der Waals surface area contributed by atoms with Crippen LogP contribution in [0.5, 0.6) is 11.5 Å². The van der Waals surface area contributed by atoms with E-state index in [9.17, 15) is 0 Å². The SMILES string of the molecule is CCOc1ccc(C(Cc2cncs2)NC)cc1OCC. The van der Waals surface area contributed by atoms with Crippen molar-refractivity contribution in [3.05, 3.63) is 40.3 Å². The second kappa shape index (κ2) is 8.00. The minimum absolute atomic E-state index is 0.236. The fourth-order valence-corrected chi connectivity index (χ4v) is 2.86. The lowest BCUT2D eigenvalue weighted by molar-refractivity contribution is 0.287. The zero-order chi connectivity index (χ0) is 15.1. The molecule has 5 heteroatoms. The van der Waals surface area contributed by atoms with Crippen molar-refractivity contribution in [2.24, 2.45) is 0 Å². The Labute approximate surface area is 130 Å². The molecule has 1 unspecified atom stereocenters. The molecule has 2 rings (SSSR count). The molecule has 2 aromatic rings. The fraction of sp³-hybridized carbons (Fsp3) is 0.438. The second-order valence-electron chi connectivity index (χ2n) is 4.59. The van der Waals surface area contributed by atoms with E-state index < -0.39 is 0 Å². The van der Waals surface area contributed by atoms with Crippen molar-refractivity contribution in [1.29, 1.82) is 0 Å². The first-order valence-electron chi connectivity index (χ1n) is 7.22. The molecule has 0 aliphatic rings. The average molecular weight is 306 g/mol. The highest BCUT2D eigenvalue weighted by Gasteiger charge is 2.14. The summed E-state index contributed by atoms with van der Waals surface area (Å²) in [6.07, 6.45) is 2.84. The number of ether oxygens (including phenoxy) is 2. The summed E-state index contributed by atoms with van der Waals surface area (Å²) < 4.78 is 11.3. The molecule has 4 nitrogen and oxygen atoms in total. The normalized spacial score (nSPS) is 12.1. The van der Waals surface area contributed by atoms with Gasteiger partial charge in [-0.25, -0.2) is 0 Å². The van der Waals surface area contributed by atoms with Crippen LogP contribution in [0, 0.1) is 0 Å². The summed E-state index contributed by atoms with van der Waals surface area (Å²) in [6.45, 7) is 5.22. The van der Waals surface area contributed by atoms with Crippen LogP contribution >= 0.6 is 11.3 Å². The largest absolute Gasteiger partial charge is 0.490 e. The van der Waals surface area contributed by atoms with E-state index in [1.54, 1.807) is 11.3 Å². The number of rotatable bonds is 8. The quantitative estimate of drug-likeness (QED) is 0.811. The van der Waals surface area contributed by atoms with Crippen molar-refractivity contribution in [3.63, 3.8) is 0 Å². The number of likely N-dealkylation sites (N-methyl/N-ethyl adjacent to an activating group) is 1. The number of aromatic nitrogens is 1. The highest BCUT2D eigenvalue weighted by molar-refractivity contribution is 7.09. The number of nitrogens with zero attached hydrogens (tertiary/aromatic N) is 1. The van der Waals surface area contributed by atoms with Crippen LogP contribution in [0.25, 0.3) is 0 Å². The van der Waals surface area contributed by atoms with E-state index in [0.717, 1.165) is 17.9 Å². The van der Waals surface area contributed by atoms with Gasteiger partial charge >= 0.3 is 0 Å². The molecule has 1 atom stereocenters. The van der Waals surface area contributed by atoms with Gasteiger partial charge in [0.1, 0.15) is 0 Å². The van der Waals surface area contributed by atoms with Crippen LogP contribution in [0.2, 0.25) is 0 Å². The molecule has 1 aromatic heterocycles. The third-order valence-electron chi connectivity index (χ3n) is 3.21. The molecule has 0 aliphatic carbocycles. The minimum Gasteiger partial charge on any atom is -0.490 e. The molecule has 114 valence electrons. The van der Waals surface area contributed by atoms with Gasteiger partial charge in [-0.3, -0.25) is 4.98 Å². The molecule has 0 bridgehead atoms. The fourth-order valence-electron chi connectivity index (χ4n) is 2.22. The molecule has 1 aromatic carbocycles. The lowest BCUT2D eigenvalue weighted by atomic mass is 10.0. The van der Waals surface area contributed by atoms with Crippen molar-refractivity contribution in [2.75, 3.05) is 20.3 Å². The van der Waals surface area contributed by atoms with Crippen molar-refractivity contribution in [2.45, 2.75) is 26.3 Å². The van der Waals surface area contributed by atoms with Gasteiger partial charge in [0.05, 0.1) is 18.7 Å². The second-order valence-corrected chi connectivity index (χ2v) is 5.56. The first-order chi connectivity index (χ1) is 10.3. The molecule has 21 heavy (non-hydrogen) atoms. The Balaban J connectivity index is 2.22. The predicted octanol–water partition coefficient (Wildman–Crippen LogP) is 3.44. The van der Waals surface area contributed by atoms with Gasteiger partial charge in [-0.1, -0.05) is 6.07 Å². The van der Waals surface area contributed by atoms with Crippen LogP contribution in [-0.4, -0.2) is 25.2 Å². The summed E-state index contributed by atoms with van der Waals surface area (Å²) in [7, 11) is 1.97. The standard InChI is InChI=1S/C16H22N2O2S/c1-4-19-15-7-6-12(8-16(15)20-5-2)14(17-3)9-13-10-18-11-21-13/h6-8,10-11,14,17H,4-5,9H2,1-3H3. The molecule has 0 fully saturated rings. The molecule has 0 saturated carbocycles. The van der Waals surface area contributed by atoms with Gasteiger partial charge in [0, 0.05) is 23.5 Å². The summed E-state index contributed by atoms with van der Waals surface area (Å²) >= 11 is 1.68. The van der Waals surface area contributed by atoms with Gasteiger partial charge < -0.3 is 14.8 Å². The van der Waals surface area contributed by atoms with E-state index in [-0.39, 0.29) is 6.04 Å². The van der Waals surface area contributed by atoms with Crippen molar-refractivity contribution < 1.29 is 9.47 Å². The van der Waals surface area contributed by atoms with Gasteiger partial charge in [0.2, 0.25) is 0 Å². The Kier molecular flexibility index (Phi) is 6.02. The third-order valence-corrected chi connectivity index (χ3v) is 4.01. The summed E-state index contributed by atoms with van der Waals surface area (Å²) in [6, 6.07) is 6.38. The van der Waals surface area contributed by atoms with E-state index in [4.69, 9.17) is 9.47 Å². The Morgan fingerprint density at radius 1 is 1.19 bits per heavy atom. The summed E-state index contributed by atoms with van der Waals surface area (Å²) in [5.74, 6) is 1.61. The smallest absolute Gasteiger partial charge is 0.161 e. The number of nitrogens with one attached hydrogen (secondary N) is 1. The highest BCUT2D eigenvalue weighted by atomic mass is 32.1.